The lowest BCUT2D eigenvalue weighted by Gasteiger charge is -2.22. The molecular weight excluding hydrogens is 244 g/mol. The number of hydrogen-bond acceptors (Lipinski definition) is 4. The van der Waals surface area contributed by atoms with E-state index in [-0.39, 0.29) is 12.0 Å². The van der Waals surface area contributed by atoms with Crippen molar-refractivity contribution >= 4 is 17.3 Å². The quantitative estimate of drug-likeness (QED) is 0.817. The number of ether oxygens (including phenoxy) is 2. The van der Waals surface area contributed by atoms with Gasteiger partial charge in [-0.15, -0.1) is 0 Å². The molecule has 19 heavy (non-hydrogen) atoms. The molecule has 1 aromatic carbocycles. The second-order valence-electron chi connectivity index (χ2n) is 4.70. The van der Waals surface area contributed by atoms with Crippen molar-refractivity contribution in [2.24, 2.45) is 0 Å². The topological polar surface area (TPSA) is 73.6 Å². The third-order valence-electron chi connectivity index (χ3n) is 3.19. The SMILES string of the molecule is COc1cc(N)ccc1NC(=O)CC1CCCCO1. The number of carbonyl (C=O) groups excluding carboxylic acids is 1. The predicted octanol–water partition coefficient (Wildman–Crippen LogP) is 2.18. The Hall–Kier alpha value is -1.75. The van der Waals surface area contributed by atoms with Crippen molar-refractivity contribution < 1.29 is 14.3 Å². The van der Waals surface area contributed by atoms with Crippen LogP contribution in [0, 0.1) is 0 Å². The van der Waals surface area contributed by atoms with Crippen LogP contribution in [0.1, 0.15) is 25.7 Å². The lowest BCUT2D eigenvalue weighted by Crippen LogP contribution is -2.25. The van der Waals surface area contributed by atoms with Crippen LogP contribution in [0.3, 0.4) is 0 Å². The van der Waals surface area contributed by atoms with E-state index in [4.69, 9.17) is 15.2 Å². The fourth-order valence-electron chi connectivity index (χ4n) is 2.19. The van der Waals surface area contributed by atoms with E-state index in [0.717, 1.165) is 25.9 Å². The molecule has 1 saturated heterocycles. The van der Waals surface area contributed by atoms with Crippen molar-refractivity contribution in [3.05, 3.63) is 18.2 Å². The number of methoxy groups -OCH3 is 1. The maximum Gasteiger partial charge on any atom is 0.227 e. The van der Waals surface area contributed by atoms with Gasteiger partial charge in [-0.25, -0.2) is 0 Å². The van der Waals surface area contributed by atoms with Crippen LogP contribution in [-0.2, 0) is 9.53 Å². The van der Waals surface area contributed by atoms with E-state index in [0.29, 0.717) is 23.5 Å². The highest BCUT2D eigenvalue weighted by Gasteiger charge is 2.18. The second kappa shape index (κ2) is 6.43. The molecule has 104 valence electrons. The Morgan fingerprint density at radius 3 is 3.05 bits per heavy atom. The Bertz CT molecular complexity index is 442. The Kier molecular flexibility index (Phi) is 4.63. The van der Waals surface area contributed by atoms with Crippen LogP contribution >= 0.6 is 0 Å². The first-order valence-electron chi connectivity index (χ1n) is 6.54. The highest BCUT2D eigenvalue weighted by molar-refractivity contribution is 5.92. The summed E-state index contributed by atoms with van der Waals surface area (Å²) in [5.74, 6) is 0.507. The number of rotatable bonds is 4. The zero-order valence-corrected chi connectivity index (χ0v) is 11.1. The van der Waals surface area contributed by atoms with Gasteiger partial charge in [-0.05, 0) is 31.4 Å². The number of anilines is 2. The molecule has 5 nitrogen and oxygen atoms in total. The van der Waals surface area contributed by atoms with Gasteiger partial charge < -0.3 is 20.5 Å². The van der Waals surface area contributed by atoms with Crippen molar-refractivity contribution in [1.82, 2.24) is 0 Å². The molecule has 1 unspecified atom stereocenters. The summed E-state index contributed by atoms with van der Waals surface area (Å²) < 4.78 is 10.7. The molecule has 1 heterocycles. The Balaban J connectivity index is 1.94. The van der Waals surface area contributed by atoms with Crippen molar-refractivity contribution in [2.75, 3.05) is 24.8 Å². The maximum absolute atomic E-state index is 12.0. The molecular formula is C14H20N2O3. The summed E-state index contributed by atoms with van der Waals surface area (Å²) in [4.78, 5) is 12.0. The molecule has 0 spiro atoms. The molecule has 0 radical (unpaired) electrons. The van der Waals surface area contributed by atoms with Gasteiger partial charge in [0.15, 0.2) is 0 Å². The van der Waals surface area contributed by atoms with Crippen LogP contribution in [-0.4, -0.2) is 25.7 Å². The molecule has 2 rings (SSSR count). The number of nitrogen functional groups attached to an aromatic ring is 1. The molecule has 0 aromatic heterocycles. The second-order valence-corrected chi connectivity index (χ2v) is 4.70. The van der Waals surface area contributed by atoms with Crippen molar-refractivity contribution in [1.29, 1.82) is 0 Å². The fraction of sp³-hybridized carbons (Fsp3) is 0.500. The van der Waals surface area contributed by atoms with Gasteiger partial charge in [0.05, 0.1) is 25.3 Å². The number of nitrogens with two attached hydrogens (primary N) is 1. The van der Waals surface area contributed by atoms with E-state index in [1.165, 1.54) is 0 Å². The molecule has 3 N–H and O–H groups in total. The van der Waals surface area contributed by atoms with Crippen LogP contribution in [0.15, 0.2) is 18.2 Å². The van der Waals surface area contributed by atoms with Crippen LogP contribution in [0.25, 0.3) is 0 Å². The minimum atomic E-state index is -0.0602. The zero-order valence-electron chi connectivity index (χ0n) is 11.1. The van der Waals surface area contributed by atoms with Gasteiger partial charge in [-0.3, -0.25) is 4.79 Å². The fourth-order valence-corrected chi connectivity index (χ4v) is 2.19. The van der Waals surface area contributed by atoms with Gasteiger partial charge in [-0.1, -0.05) is 0 Å². The van der Waals surface area contributed by atoms with E-state index in [1.54, 1.807) is 25.3 Å². The van der Waals surface area contributed by atoms with Crippen molar-refractivity contribution in [2.45, 2.75) is 31.8 Å². The molecule has 0 saturated carbocycles. The monoisotopic (exact) mass is 264 g/mol. The highest BCUT2D eigenvalue weighted by atomic mass is 16.5. The number of carbonyl (C=O) groups is 1. The molecule has 5 heteroatoms. The highest BCUT2D eigenvalue weighted by Crippen LogP contribution is 2.27. The van der Waals surface area contributed by atoms with E-state index in [2.05, 4.69) is 5.32 Å². The Morgan fingerprint density at radius 1 is 1.53 bits per heavy atom. The van der Waals surface area contributed by atoms with Gasteiger partial charge in [0, 0.05) is 18.4 Å². The molecule has 1 fully saturated rings. The van der Waals surface area contributed by atoms with Crippen molar-refractivity contribution in [3.63, 3.8) is 0 Å². The zero-order chi connectivity index (χ0) is 13.7. The lowest BCUT2D eigenvalue weighted by atomic mass is 10.1. The molecule has 0 bridgehead atoms. The van der Waals surface area contributed by atoms with E-state index in [1.807, 2.05) is 0 Å². The molecule has 1 amide bonds. The summed E-state index contributed by atoms with van der Waals surface area (Å²) in [5, 5.41) is 2.84. The summed E-state index contributed by atoms with van der Waals surface area (Å²) in [6.07, 6.45) is 3.58. The minimum absolute atomic E-state index is 0.0357. The van der Waals surface area contributed by atoms with Crippen LogP contribution in [0.2, 0.25) is 0 Å². The Labute approximate surface area is 113 Å². The summed E-state index contributed by atoms with van der Waals surface area (Å²) in [6, 6.07) is 5.16. The number of nitrogens with one attached hydrogen (secondary N) is 1. The predicted molar refractivity (Wildman–Crippen MR) is 74.2 cm³/mol. The summed E-state index contributed by atoms with van der Waals surface area (Å²) in [6.45, 7) is 0.753. The third kappa shape index (κ3) is 3.86. The summed E-state index contributed by atoms with van der Waals surface area (Å²) in [7, 11) is 1.55. The maximum atomic E-state index is 12.0. The van der Waals surface area contributed by atoms with Gasteiger partial charge in [0.1, 0.15) is 5.75 Å². The smallest absolute Gasteiger partial charge is 0.227 e. The van der Waals surface area contributed by atoms with Crippen molar-refractivity contribution in [3.8, 4) is 5.75 Å². The largest absolute Gasteiger partial charge is 0.494 e. The van der Waals surface area contributed by atoms with Gasteiger partial charge >= 0.3 is 0 Å². The molecule has 1 aromatic rings. The molecule has 1 atom stereocenters. The van der Waals surface area contributed by atoms with Crippen LogP contribution in [0.5, 0.6) is 5.75 Å². The van der Waals surface area contributed by atoms with E-state index in [9.17, 15) is 4.79 Å². The van der Waals surface area contributed by atoms with Crippen LogP contribution < -0.4 is 15.8 Å². The molecule has 1 aliphatic rings. The van der Waals surface area contributed by atoms with E-state index < -0.39 is 0 Å². The normalized spacial score (nSPS) is 18.9. The van der Waals surface area contributed by atoms with Crippen LogP contribution in [0.4, 0.5) is 11.4 Å². The van der Waals surface area contributed by atoms with Gasteiger partial charge in [-0.2, -0.15) is 0 Å². The first kappa shape index (κ1) is 13.7. The molecule has 1 aliphatic heterocycles. The van der Waals surface area contributed by atoms with Gasteiger partial charge in [0.2, 0.25) is 5.91 Å². The summed E-state index contributed by atoms with van der Waals surface area (Å²) in [5.41, 5.74) is 6.91. The van der Waals surface area contributed by atoms with Gasteiger partial charge in [0.25, 0.3) is 0 Å². The number of benzene rings is 1. The standard InChI is InChI=1S/C14H20N2O3/c1-18-13-8-10(15)5-6-12(13)16-14(17)9-11-4-2-3-7-19-11/h5-6,8,11H,2-4,7,9,15H2,1H3,(H,16,17). The number of amides is 1. The summed E-state index contributed by atoms with van der Waals surface area (Å²) >= 11 is 0. The first-order chi connectivity index (χ1) is 9.19. The third-order valence-corrected chi connectivity index (χ3v) is 3.19. The minimum Gasteiger partial charge on any atom is -0.494 e. The number of hydrogen-bond donors (Lipinski definition) is 2. The van der Waals surface area contributed by atoms with E-state index >= 15 is 0 Å². The molecule has 0 aliphatic carbocycles. The lowest BCUT2D eigenvalue weighted by molar-refractivity contribution is -0.119. The Morgan fingerprint density at radius 2 is 2.37 bits per heavy atom. The first-order valence-corrected chi connectivity index (χ1v) is 6.54. The average Bonchev–Trinajstić information content (AvgIpc) is 2.42. The average molecular weight is 264 g/mol.